The van der Waals surface area contributed by atoms with Crippen LogP contribution in [0.25, 0.3) is 0 Å². The quantitative estimate of drug-likeness (QED) is 0.872. The van der Waals surface area contributed by atoms with Crippen molar-refractivity contribution in [2.24, 2.45) is 5.73 Å². The van der Waals surface area contributed by atoms with Crippen molar-refractivity contribution in [1.82, 2.24) is 10.1 Å². The zero-order valence-corrected chi connectivity index (χ0v) is 11.5. The van der Waals surface area contributed by atoms with Crippen LogP contribution in [-0.2, 0) is 15.9 Å². The Balaban J connectivity index is 2.29. The molecule has 0 radical (unpaired) electrons. The molecule has 0 atom stereocenters. The largest absolute Gasteiger partial charge is 0.370 e. The van der Waals surface area contributed by atoms with Crippen LogP contribution in [0.4, 0.5) is 0 Å². The van der Waals surface area contributed by atoms with Crippen LogP contribution in [0.15, 0.2) is 4.52 Å². The smallest absolute Gasteiger partial charge is 0.246 e. The van der Waals surface area contributed by atoms with Gasteiger partial charge in [0.2, 0.25) is 11.7 Å². The fourth-order valence-electron chi connectivity index (χ4n) is 2.78. The Morgan fingerprint density at radius 1 is 1.33 bits per heavy atom. The number of methoxy groups -OCH3 is 1. The second-order valence-corrected chi connectivity index (χ2v) is 5.19. The highest BCUT2D eigenvalue weighted by Crippen LogP contribution is 2.37. The van der Waals surface area contributed by atoms with Gasteiger partial charge in [0.25, 0.3) is 0 Å². The maximum atomic E-state index is 6.32. The van der Waals surface area contributed by atoms with Crippen LogP contribution in [0.5, 0.6) is 0 Å². The number of nitrogens with two attached hydrogens (primary N) is 1. The van der Waals surface area contributed by atoms with Crippen molar-refractivity contribution >= 4 is 0 Å². The molecular weight excluding hydrogens is 230 g/mol. The number of rotatable bonds is 5. The van der Waals surface area contributed by atoms with Gasteiger partial charge in [-0.1, -0.05) is 31.8 Å². The van der Waals surface area contributed by atoms with Crippen LogP contribution in [0.1, 0.15) is 64.1 Å². The fourth-order valence-corrected chi connectivity index (χ4v) is 2.78. The first-order valence-electron chi connectivity index (χ1n) is 6.79. The first kappa shape index (κ1) is 13.5. The molecule has 2 rings (SSSR count). The van der Waals surface area contributed by atoms with E-state index in [9.17, 15) is 0 Å². The average Bonchev–Trinajstić information content (AvgIpc) is 3.02. The van der Waals surface area contributed by atoms with Crippen molar-refractivity contribution in [3.63, 3.8) is 0 Å². The average molecular weight is 253 g/mol. The molecule has 1 aromatic heterocycles. The summed E-state index contributed by atoms with van der Waals surface area (Å²) in [5.41, 5.74) is 5.45. The number of ether oxygens (including phenoxy) is 1. The van der Waals surface area contributed by atoms with Gasteiger partial charge in [-0.25, -0.2) is 0 Å². The van der Waals surface area contributed by atoms with E-state index in [1.165, 1.54) is 0 Å². The summed E-state index contributed by atoms with van der Waals surface area (Å²) in [5, 5.41) is 4.10. The summed E-state index contributed by atoms with van der Waals surface area (Å²) in [6, 6.07) is 0. The summed E-state index contributed by atoms with van der Waals surface area (Å²) < 4.78 is 11.0. The van der Waals surface area contributed by atoms with E-state index in [1.807, 2.05) is 0 Å². The summed E-state index contributed by atoms with van der Waals surface area (Å²) in [7, 11) is 1.69. The van der Waals surface area contributed by atoms with Gasteiger partial charge in [0.05, 0.1) is 5.54 Å². The maximum absolute atomic E-state index is 6.32. The van der Waals surface area contributed by atoms with Crippen LogP contribution >= 0.6 is 0 Å². The van der Waals surface area contributed by atoms with Gasteiger partial charge >= 0.3 is 0 Å². The van der Waals surface area contributed by atoms with E-state index < -0.39 is 11.1 Å². The van der Waals surface area contributed by atoms with Gasteiger partial charge in [0.15, 0.2) is 0 Å². The molecule has 5 heteroatoms. The highest BCUT2D eigenvalue weighted by molar-refractivity contribution is 5.08. The predicted molar refractivity (Wildman–Crippen MR) is 67.9 cm³/mol. The summed E-state index contributed by atoms with van der Waals surface area (Å²) in [5.74, 6) is 1.19. The topological polar surface area (TPSA) is 74.2 Å². The number of aromatic nitrogens is 2. The lowest BCUT2D eigenvalue weighted by molar-refractivity contribution is -0.0306. The molecule has 2 N–H and O–H groups in total. The molecule has 0 aliphatic heterocycles. The van der Waals surface area contributed by atoms with Gasteiger partial charge < -0.3 is 15.0 Å². The SMILES string of the molecule is CCC(CC)(OC)c1noc(C2(N)CCCC2)n1. The lowest BCUT2D eigenvalue weighted by atomic mass is 9.95. The van der Waals surface area contributed by atoms with Gasteiger partial charge in [-0.05, 0) is 25.7 Å². The first-order chi connectivity index (χ1) is 8.60. The Morgan fingerprint density at radius 3 is 2.44 bits per heavy atom. The Hall–Kier alpha value is -0.940. The fraction of sp³-hybridized carbons (Fsp3) is 0.846. The van der Waals surface area contributed by atoms with E-state index >= 15 is 0 Å². The summed E-state index contributed by atoms with van der Waals surface area (Å²) in [4.78, 5) is 4.52. The van der Waals surface area contributed by atoms with Gasteiger partial charge in [-0.3, -0.25) is 0 Å². The molecule has 0 saturated heterocycles. The standard InChI is InChI=1S/C13H23N3O2/c1-4-13(5-2,17-3)10-15-11(18-16-10)12(14)8-6-7-9-12/h4-9,14H2,1-3H3. The highest BCUT2D eigenvalue weighted by Gasteiger charge is 2.40. The molecule has 1 heterocycles. The lowest BCUT2D eigenvalue weighted by Crippen LogP contribution is -2.34. The minimum absolute atomic E-state index is 0.424. The zero-order valence-electron chi connectivity index (χ0n) is 11.5. The third-order valence-corrected chi connectivity index (χ3v) is 4.29. The molecule has 1 saturated carbocycles. The van der Waals surface area contributed by atoms with Gasteiger partial charge in [-0.15, -0.1) is 0 Å². The summed E-state index contributed by atoms with van der Waals surface area (Å²) >= 11 is 0. The van der Waals surface area contributed by atoms with Crippen molar-refractivity contribution in [2.45, 2.75) is 63.5 Å². The number of hydrogen-bond donors (Lipinski definition) is 1. The first-order valence-corrected chi connectivity index (χ1v) is 6.79. The van der Waals surface area contributed by atoms with E-state index in [0.717, 1.165) is 38.5 Å². The van der Waals surface area contributed by atoms with Crippen molar-refractivity contribution in [3.05, 3.63) is 11.7 Å². The molecule has 0 aromatic carbocycles. The van der Waals surface area contributed by atoms with Crippen LogP contribution in [0, 0.1) is 0 Å². The van der Waals surface area contributed by atoms with Crippen molar-refractivity contribution in [3.8, 4) is 0 Å². The van der Waals surface area contributed by atoms with E-state index in [0.29, 0.717) is 11.7 Å². The van der Waals surface area contributed by atoms with Crippen LogP contribution in [0.3, 0.4) is 0 Å². The molecular formula is C13H23N3O2. The number of hydrogen-bond acceptors (Lipinski definition) is 5. The van der Waals surface area contributed by atoms with Crippen molar-refractivity contribution in [2.75, 3.05) is 7.11 Å². The third kappa shape index (κ3) is 2.06. The molecule has 0 bridgehead atoms. The van der Waals surface area contributed by atoms with Gasteiger partial charge in [0.1, 0.15) is 5.60 Å². The van der Waals surface area contributed by atoms with Crippen molar-refractivity contribution < 1.29 is 9.26 Å². The van der Waals surface area contributed by atoms with E-state index in [1.54, 1.807) is 7.11 Å². The molecule has 0 unspecified atom stereocenters. The van der Waals surface area contributed by atoms with Crippen LogP contribution < -0.4 is 5.73 Å². The van der Waals surface area contributed by atoms with E-state index in [-0.39, 0.29) is 0 Å². The Labute approximate surface area is 108 Å². The molecule has 5 nitrogen and oxygen atoms in total. The molecule has 102 valence electrons. The van der Waals surface area contributed by atoms with Gasteiger partial charge in [0, 0.05) is 7.11 Å². The lowest BCUT2D eigenvalue weighted by Gasteiger charge is -2.26. The highest BCUT2D eigenvalue weighted by atomic mass is 16.5. The van der Waals surface area contributed by atoms with Crippen molar-refractivity contribution in [1.29, 1.82) is 0 Å². The Bertz CT molecular complexity index is 384. The van der Waals surface area contributed by atoms with E-state index in [4.69, 9.17) is 15.0 Å². The molecule has 0 spiro atoms. The Morgan fingerprint density at radius 2 is 1.94 bits per heavy atom. The van der Waals surface area contributed by atoms with Crippen LogP contribution in [0.2, 0.25) is 0 Å². The minimum Gasteiger partial charge on any atom is -0.370 e. The molecule has 1 aromatic rings. The monoisotopic (exact) mass is 253 g/mol. The predicted octanol–water partition coefficient (Wildman–Crippen LogP) is 2.46. The molecule has 1 aliphatic rings. The number of nitrogens with zero attached hydrogens (tertiary/aromatic N) is 2. The second-order valence-electron chi connectivity index (χ2n) is 5.19. The van der Waals surface area contributed by atoms with Gasteiger partial charge in [-0.2, -0.15) is 4.98 Å². The van der Waals surface area contributed by atoms with E-state index in [2.05, 4.69) is 24.0 Å². The normalized spacial score (nSPS) is 19.3. The molecule has 1 aliphatic carbocycles. The molecule has 18 heavy (non-hydrogen) atoms. The minimum atomic E-state index is -0.448. The Kier molecular flexibility index (Phi) is 3.73. The molecule has 1 fully saturated rings. The van der Waals surface area contributed by atoms with Crippen LogP contribution in [-0.4, -0.2) is 17.3 Å². The molecule has 0 amide bonds. The summed E-state index contributed by atoms with van der Waals surface area (Å²) in [6.07, 6.45) is 5.74. The third-order valence-electron chi connectivity index (χ3n) is 4.29. The zero-order chi connectivity index (χ0) is 13.2. The second kappa shape index (κ2) is 4.97. The summed E-state index contributed by atoms with van der Waals surface area (Å²) in [6.45, 7) is 4.13. The maximum Gasteiger partial charge on any atom is 0.246 e.